The average molecular weight is 508 g/mol. The zero-order chi connectivity index (χ0) is 26.2. The Hall–Kier alpha value is -2.46. The Morgan fingerprint density at radius 3 is 2.46 bits per heavy atom. The summed E-state index contributed by atoms with van der Waals surface area (Å²) in [5, 5.41) is 2.72. The van der Waals surface area contributed by atoms with Gasteiger partial charge in [0.1, 0.15) is 5.75 Å². The third-order valence-electron chi connectivity index (χ3n) is 8.08. The van der Waals surface area contributed by atoms with Crippen molar-refractivity contribution in [2.24, 2.45) is 16.7 Å². The molecule has 35 heavy (non-hydrogen) atoms. The number of fused-ring (bicyclic) bond motifs is 2. The highest BCUT2D eigenvalue weighted by Gasteiger charge is 2.64. The summed E-state index contributed by atoms with van der Waals surface area (Å²) in [6.07, 6.45) is 1.78. The van der Waals surface area contributed by atoms with Crippen molar-refractivity contribution in [3.63, 3.8) is 0 Å². The number of ether oxygens (including phenoxy) is 1. The van der Waals surface area contributed by atoms with E-state index in [1.165, 1.54) is 34.5 Å². The molecule has 1 aliphatic carbocycles. The van der Waals surface area contributed by atoms with E-state index < -0.39 is 15.4 Å². The summed E-state index contributed by atoms with van der Waals surface area (Å²) < 4.78 is 32.4. The minimum Gasteiger partial charge on any atom is -0.495 e. The Labute approximate surface area is 208 Å². The molecular formula is C25H37N3O6S. The van der Waals surface area contributed by atoms with Gasteiger partial charge in [0.15, 0.2) is 0 Å². The lowest BCUT2D eigenvalue weighted by Gasteiger charge is -2.47. The number of likely N-dealkylation sites (tertiary alicyclic amines) is 1. The fourth-order valence-corrected chi connectivity index (χ4v) is 6.87. The quantitative estimate of drug-likeness (QED) is 0.487. The van der Waals surface area contributed by atoms with Crippen LogP contribution in [0.1, 0.15) is 60.3 Å². The average Bonchev–Trinajstić information content (AvgIpc) is 2.99. The highest BCUT2D eigenvalue weighted by molar-refractivity contribution is 7.89. The van der Waals surface area contributed by atoms with Gasteiger partial charge in [0.2, 0.25) is 27.7 Å². The molecule has 1 saturated carbocycles. The number of nitrogens with one attached hydrogen (secondary N) is 1. The molecule has 1 aromatic carbocycles. The summed E-state index contributed by atoms with van der Waals surface area (Å²) in [6.45, 7) is 10.3. The van der Waals surface area contributed by atoms with E-state index >= 15 is 0 Å². The Morgan fingerprint density at radius 1 is 1.20 bits per heavy atom. The number of carbonyl (C=O) groups is 3. The number of sulfonamides is 1. The van der Waals surface area contributed by atoms with Crippen LogP contribution in [-0.2, 0) is 24.4 Å². The van der Waals surface area contributed by atoms with Crippen molar-refractivity contribution in [2.75, 3.05) is 32.1 Å². The number of anilines is 1. The second-order valence-corrected chi connectivity index (χ2v) is 12.0. The second kappa shape index (κ2) is 9.89. The van der Waals surface area contributed by atoms with Crippen LogP contribution in [-0.4, -0.2) is 62.1 Å². The van der Waals surface area contributed by atoms with Gasteiger partial charge in [-0.25, -0.2) is 8.42 Å². The first kappa shape index (κ1) is 27.1. The molecule has 0 radical (unpaired) electrons. The Morgan fingerprint density at radius 2 is 1.86 bits per heavy atom. The normalized spacial score (nSPS) is 23.6. The maximum absolute atomic E-state index is 13.1. The smallest absolute Gasteiger partial charge is 0.243 e. The van der Waals surface area contributed by atoms with Gasteiger partial charge in [-0.3, -0.25) is 19.3 Å². The van der Waals surface area contributed by atoms with Crippen molar-refractivity contribution >= 4 is 33.4 Å². The number of nitrogens with zero attached hydrogens (tertiary/aromatic N) is 2. The van der Waals surface area contributed by atoms with Crippen LogP contribution < -0.4 is 10.1 Å². The number of rotatable bonds is 10. The van der Waals surface area contributed by atoms with Crippen LogP contribution in [0.15, 0.2) is 23.1 Å². The molecule has 2 unspecified atom stereocenters. The summed E-state index contributed by atoms with van der Waals surface area (Å²) in [4.78, 5) is 40.2. The van der Waals surface area contributed by atoms with Crippen molar-refractivity contribution in [1.82, 2.24) is 9.21 Å². The topological polar surface area (TPSA) is 113 Å². The maximum atomic E-state index is 13.1. The fourth-order valence-electron chi connectivity index (χ4n) is 5.38. The minimum absolute atomic E-state index is 0.0631. The number of benzene rings is 1. The number of carbonyl (C=O) groups excluding carboxylic acids is 3. The van der Waals surface area contributed by atoms with E-state index in [0.29, 0.717) is 38.1 Å². The molecule has 0 aromatic heterocycles. The number of piperidine rings is 1. The molecule has 1 heterocycles. The maximum Gasteiger partial charge on any atom is 0.243 e. The first-order valence-electron chi connectivity index (χ1n) is 12.2. The molecule has 194 valence electrons. The van der Waals surface area contributed by atoms with Crippen LogP contribution >= 0.6 is 0 Å². The van der Waals surface area contributed by atoms with Gasteiger partial charge in [-0.05, 0) is 42.9 Å². The molecule has 1 N–H and O–H groups in total. The van der Waals surface area contributed by atoms with Crippen LogP contribution in [0.25, 0.3) is 0 Å². The van der Waals surface area contributed by atoms with Crippen LogP contribution in [0.4, 0.5) is 5.69 Å². The van der Waals surface area contributed by atoms with Crippen LogP contribution in [0.2, 0.25) is 0 Å². The first-order valence-corrected chi connectivity index (χ1v) is 13.6. The molecule has 2 aliphatic rings. The van der Waals surface area contributed by atoms with Crippen molar-refractivity contribution < 1.29 is 27.5 Å². The van der Waals surface area contributed by atoms with Crippen molar-refractivity contribution in [3.05, 3.63) is 18.2 Å². The van der Waals surface area contributed by atoms with E-state index in [4.69, 9.17) is 4.74 Å². The first-order chi connectivity index (χ1) is 16.3. The van der Waals surface area contributed by atoms with Gasteiger partial charge in [-0.15, -0.1) is 0 Å². The molecule has 10 heteroatoms. The lowest BCUT2D eigenvalue weighted by atomic mass is 9.62. The number of amides is 3. The third-order valence-corrected chi connectivity index (χ3v) is 10.1. The highest BCUT2D eigenvalue weighted by Crippen LogP contribution is 2.60. The van der Waals surface area contributed by atoms with Crippen molar-refractivity contribution in [1.29, 1.82) is 0 Å². The monoisotopic (exact) mass is 507 g/mol. The molecule has 1 aliphatic heterocycles. The molecule has 2 fully saturated rings. The Bertz CT molecular complexity index is 1110. The number of hydrogen-bond acceptors (Lipinski definition) is 6. The van der Waals surface area contributed by atoms with Crippen molar-refractivity contribution in [2.45, 2.75) is 65.2 Å². The van der Waals surface area contributed by atoms with Gasteiger partial charge in [-0.1, -0.05) is 34.6 Å². The molecule has 1 saturated heterocycles. The van der Waals surface area contributed by atoms with Gasteiger partial charge >= 0.3 is 0 Å². The van der Waals surface area contributed by atoms with Crippen LogP contribution in [0.5, 0.6) is 5.75 Å². The fraction of sp³-hybridized carbons (Fsp3) is 0.640. The summed E-state index contributed by atoms with van der Waals surface area (Å²) in [5.41, 5.74) is -0.691. The van der Waals surface area contributed by atoms with E-state index in [2.05, 4.69) is 5.32 Å². The number of methoxy groups -OCH3 is 1. The zero-order valence-corrected chi connectivity index (χ0v) is 22.3. The van der Waals surface area contributed by atoms with Gasteiger partial charge in [-0.2, -0.15) is 4.31 Å². The molecule has 3 rings (SSSR count). The van der Waals surface area contributed by atoms with Gasteiger partial charge in [0, 0.05) is 32.0 Å². The lowest BCUT2D eigenvalue weighted by Crippen LogP contribution is -2.59. The predicted octanol–water partition coefficient (Wildman–Crippen LogP) is 3.26. The van der Waals surface area contributed by atoms with E-state index in [0.717, 1.165) is 0 Å². The SMILES string of the molecule is CCN(CC)S(=O)(=O)c1ccc(OC)c(NC(=O)CCCN2C(=O)C3CCC(C)(C2=O)C3(C)C)c1. The van der Waals surface area contributed by atoms with Gasteiger partial charge in [0.05, 0.1) is 23.1 Å². The molecule has 2 atom stereocenters. The standard InChI is InChI=1S/C25H37N3O6S/c1-7-27(8-2)35(32,33)17-11-12-20(34-6)19(16-17)26-21(29)10-9-15-28-22(30)18-13-14-25(5,23(28)31)24(18,3)4/h11-12,16,18H,7-10,13-15H2,1-6H3,(H,26,29). The summed E-state index contributed by atoms with van der Waals surface area (Å²) in [7, 11) is -2.27. The molecule has 1 aromatic rings. The molecule has 0 spiro atoms. The van der Waals surface area contributed by atoms with E-state index in [1.54, 1.807) is 13.8 Å². The molecule has 2 bridgehead atoms. The largest absolute Gasteiger partial charge is 0.495 e. The number of imide groups is 1. The summed E-state index contributed by atoms with van der Waals surface area (Å²) >= 11 is 0. The highest BCUT2D eigenvalue weighted by atomic mass is 32.2. The lowest BCUT2D eigenvalue weighted by molar-refractivity contribution is -0.168. The van der Waals surface area contributed by atoms with Gasteiger partial charge < -0.3 is 10.1 Å². The summed E-state index contributed by atoms with van der Waals surface area (Å²) in [6, 6.07) is 4.35. The second-order valence-electron chi connectivity index (χ2n) is 10.0. The third kappa shape index (κ3) is 4.58. The summed E-state index contributed by atoms with van der Waals surface area (Å²) in [5.74, 6) is -0.500. The predicted molar refractivity (Wildman–Crippen MR) is 132 cm³/mol. The van der Waals surface area contributed by atoms with E-state index in [9.17, 15) is 22.8 Å². The zero-order valence-electron chi connectivity index (χ0n) is 21.5. The van der Waals surface area contributed by atoms with Gasteiger partial charge in [0.25, 0.3) is 0 Å². The minimum atomic E-state index is -3.70. The Kier molecular flexibility index (Phi) is 7.67. The molecular weight excluding hydrogens is 470 g/mol. The molecule has 3 amide bonds. The van der Waals surface area contributed by atoms with Crippen molar-refractivity contribution in [3.8, 4) is 5.75 Å². The number of hydrogen-bond donors (Lipinski definition) is 1. The van der Waals surface area contributed by atoms with Crippen LogP contribution in [0.3, 0.4) is 0 Å². The van der Waals surface area contributed by atoms with E-state index in [-0.39, 0.29) is 52.6 Å². The Balaban J connectivity index is 1.67. The van der Waals surface area contributed by atoms with Crippen LogP contribution in [0, 0.1) is 16.7 Å². The van der Waals surface area contributed by atoms with E-state index in [1.807, 2.05) is 20.8 Å². The molecule has 9 nitrogen and oxygen atoms in total.